The van der Waals surface area contributed by atoms with Crippen LogP contribution < -0.4 is 11.1 Å². The second kappa shape index (κ2) is 7.13. The van der Waals surface area contributed by atoms with E-state index in [4.69, 9.17) is 5.73 Å². The molecule has 0 aromatic carbocycles. The van der Waals surface area contributed by atoms with Crippen molar-refractivity contribution in [2.24, 2.45) is 17.6 Å². The molecule has 0 radical (unpaired) electrons. The fraction of sp³-hybridized carbons (Fsp3) is 0.933. The first-order valence-electron chi connectivity index (χ1n) is 7.76. The van der Waals surface area contributed by atoms with Crippen molar-refractivity contribution < 1.29 is 4.79 Å². The Morgan fingerprint density at radius 1 is 0.944 bits per heavy atom. The van der Waals surface area contributed by atoms with Crippen LogP contribution in [0.5, 0.6) is 0 Å². The Balaban J connectivity index is 1.59. The molecule has 2 aliphatic carbocycles. The van der Waals surface area contributed by atoms with Gasteiger partial charge in [-0.05, 0) is 50.4 Å². The van der Waals surface area contributed by atoms with Crippen molar-refractivity contribution in [3.05, 3.63) is 0 Å². The number of hydrogen-bond acceptors (Lipinski definition) is 2. The monoisotopic (exact) mass is 252 g/mol. The summed E-state index contributed by atoms with van der Waals surface area (Å²) in [5.74, 6) is 1.59. The normalized spacial score (nSPS) is 30.1. The van der Waals surface area contributed by atoms with Crippen molar-refractivity contribution >= 4 is 5.91 Å². The van der Waals surface area contributed by atoms with E-state index < -0.39 is 0 Å². The molecule has 0 saturated heterocycles. The predicted octanol–water partition coefficient (Wildman–Crippen LogP) is 2.59. The van der Waals surface area contributed by atoms with Gasteiger partial charge < -0.3 is 11.1 Å². The first-order chi connectivity index (χ1) is 8.74. The Bertz CT molecular complexity index is 253. The number of nitrogens with two attached hydrogens (primary N) is 1. The lowest BCUT2D eigenvalue weighted by Gasteiger charge is -2.26. The zero-order valence-corrected chi connectivity index (χ0v) is 11.5. The zero-order chi connectivity index (χ0) is 12.8. The van der Waals surface area contributed by atoms with Gasteiger partial charge in [0.2, 0.25) is 5.91 Å². The summed E-state index contributed by atoms with van der Waals surface area (Å²) >= 11 is 0. The van der Waals surface area contributed by atoms with E-state index in [1.54, 1.807) is 0 Å². The average molecular weight is 252 g/mol. The number of hydrogen-bond donors (Lipinski definition) is 2. The van der Waals surface area contributed by atoms with Crippen LogP contribution in [0.2, 0.25) is 0 Å². The van der Waals surface area contributed by atoms with Crippen LogP contribution in [0.15, 0.2) is 0 Å². The maximum Gasteiger partial charge on any atom is 0.220 e. The van der Waals surface area contributed by atoms with Crippen molar-refractivity contribution in [2.75, 3.05) is 6.54 Å². The Kier molecular flexibility index (Phi) is 5.48. The summed E-state index contributed by atoms with van der Waals surface area (Å²) in [5, 5.41) is 3.13. The number of amides is 1. The van der Waals surface area contributed by atoms with E-state index in [9.17, 15) is 4.79 Å². The molecule has 0 aromatic rings. The van der Waals surface area contributed by atoms with Crippen LogP contribution >= 0.6 is 0 Å². The Morgan fingerprint density at radius 3 is 2.28 bits per heavy atom. The molecule has 2 rings (SSSR count). The van der Waals surface area contributed by atoms with Crippen LogP contribution in [-0.2, 0) is 4.79 Å². The Labute approximate surface area is 111 Å². The molecule has 2 fully saturated rings. The summed E-state index contributed by atoms with van der Waals surface area (Å²) < 4.78 is 0. The minimum Gasteiger partial charge on any atom is -0.356 e. The number of carbonyl (C=O) groups excluding carboxylic acids is 1. The molecule has 0 aliphatic heterocycles. The quantitative estimate of drug-likeness (QED) is 0.808. The van der Waals surface area contributed by atoms with Gasteiger partial charge in [0.1, 0.15) is 0 Å². The van der Waals surface area contributed by atoms with Gasteiger partial charge in [0, 0.05) is 19.0 Å². The molecule has 2 aliphatic rings. The van der Waals surface area contributed by atoms with Crippen molar-refractivity contribution in [3.63, 3.8) is 0 Å². The summed E-state index contributed by atoms with van der Waals surface area (Å²) in [6.07, 6.45) is 11.9. The molecule has 3 heteroatoms. The largest absolute Gasteiger partial charge is 0.356 e. The van der Waals surface area contributed by atoms with Crippen molar-refractivity contribution in [3.8, 4) is 0 Å². The van der Waals surface area contributed by atoms with Gasteiger partial charge in [0.15, 0.2) is 0 Å². The van der Waals surface area contributed by atoms with E-state index in [0.29, 0.717) is 17.9 Å². The van der Waals surface area contributed by atoms with Crippen molar-refractivity contribution in [1.29, 1.82) is 0 Å². The van der Waals surface area contributed by atoms with Crippen LogP contribution in [0.3, 0.4) is 0 Å². The van der Waals surface area contributed by atoms with Crippen LogP contribution in [0.4, 0.5) is 0 Å². The van der Waals surface area contributed by atoms with Crippen LogP contribution in [0, 0.1) is 11.8 Å². The fourth-order valence-electron chi connectivity index (χ4n) is 3.38. The van der Waals surface area contributed by atoms with Crippen molar-refractivity contribution in [1.82, 2.24) is 5.32 Å². The molecule has 0 unspecified atom stereocenters. The third kappa shape index (κ3) is 4.60. The first kappa shape index (κ1) is 13.9. The van der Waals surface area contributed by atoms with E-state index in [0.717, 1.165) is 25.8 Å². The van der Waals surface area contributed by atoms with Gasteiger partial charge in [-0.1, -0.05) is 19.3 Å². The van der Waals surface area contributed by atoms with E-state index in [-0.39, 0.29) is 5.91 Å². The smallest absolute Gasteiger partial charge is 0.220 e. The highest BCUT2D eigenvalue weighted by Gasteiger charge is 2.20. The third-order valence-corrected chi connectivity index (χ3v) is 4.68. The molecule has 0 heterocycles. The highest BCUT2D eigenvalue weighted by Crippen LogP contribution is 2.26. The molecule has 2 saturated carbocycles. The minimum absolute atomic E-state index is 0.275. The summed E-state index contributed by atoms with van der Waals surface area (Å²) in [5.41, 5.74) is 5.89. The summed E-state index contributed by atoms with van der Waals surface area (Å²) in [7, 11) is 0. The zero-order valence-electron chi connectivity index (χ0n) is 11.5. The maximum absolute atomic E-state index is 11.9. The van der Waals surface area contributed by atoms with Gasteiger partial charge in [-0.15, -0.1) is 0 Å². The number of carbonyl (C=O) groups is 1. The average Bonchev–Trinajstić information content (AvgIpc) is 2.39. The molecule has 3 N–H and O–H groups in total. The second-order valence-electron chi connectivity index (χ2n) is 6.29. The van der Waals surface area contributed by atoms with Gasteiger partial charge in [0.05, 0.1) is 0 Å². The maximum atomic E-state index is 11.9. The van der Waals surface area contributed by atoms with Crippen LogP contribution in [-0.4, -0.2) is 18.5 Å². The molecule has 18 heavy (non-hydrogen) atoms. The highest BCUT2D eigenvalue weighted by molar-refractivity contribution is 5.76. The van der Waals surface area contributed by atoms with Gasteiger partial charge in [-0.25, -0.2) is 0 Å². The molecular weight excluding hydrogens is 224 g/mol. The summed E-state index contributed by atoms with van der Waals surface area (Å²) in [4.78, 5) is 11.9. The summed E-state index contributed by atoms with van der Waals surface area (Å²) in [6, 6.07) is 0.402. The first-order valence-corrected chi connectivity index (χ1v) is 7.76. The van der Waals surface area contributed by atoms with Crippen molar-refractivity contribution in [2.45, 2.75) is 70.3 Å². The van der Waals surface area contributed by atoms with E-state index in [2.05, 4.69) is 5.32 Å². The molecule has 1 amide bonds. The molecular formula is C15H28N2O. The lowest BCUT2D eigenvalue weighted by atomic mass is 9.85. The second-order valence-corrected chi connectivity index (χ2v) is 6.29. The summed E-state index contributed by atoms with van der Waals surface area (Å²) in [6.45, 7) is 0.873. The van der Waals surface area contributed by atoms with Crippen LogP contribution in [0.25, 0.3) is 0 Å². The lowest BCUT2D eigenvalue weighted by molar-refractivity contribution is -0.122. The standard InChI is InChI=1S/C15H28N2O/c16-14-8-6-13(7-9-14)11-17-15(18)10-12-4-2-1-3-5-12/h12-14H,1-11,16H2,(H,17,18). The molecule has 0 aromatic heterocycles. The topological polar surface area (TPSA) is 55.1 Å². The minimum atomic E-state index is 0.275. The number of nitrogens with one attached hydrogen (secondary N) is 1. The van der Waals surface area contributed by atoms with E-state index >= 15 is 0 Å². The SMILES string of the molecule is NC1CCC(CNC(=O)CC2CCCCC2)CC1. The lowest BCUT2D eigenvalue weighted by Crippen LogP contribution is -2.35. The Morgan fingerprint density at radius 2 is 1.61 bits per heavy atom. The molecule has 0 bridgehead atoms. The molecule has 104 valence electrons. The number of rotatable bonds is 4. The van der Waals surface area contributed by atoms with E-state index in [1.807, 2.05) is 0 Å². The van der Waals surface area contributed by atoms with E-state index in [1.165, 1.54) is 44.9 Å². The third-order valence-electron chi connectivity index (χ3n) is 4.68. The Hall–Kier alpha value is -0.570. The van der Waals surface area contributed by atoms with Crippen LogP contribution in [0.1, 0.15) is 64.2 Å². The van der Waals surface area contributed by atoms with Gasteiger partial charge in [-0.3, -0.25) is 4.79 Å². The fourth-order valence-corrected chi connectivity index (χ4v) is 3.38. The van der Waals surface area contributed by atoms with Gasteiger partial charge >= 0.3 is 0 Å². The van der Waals surface area contributed by atoms with Gasteiger partial charge in [0.25, 0.3) is 0 Å². The predicted molar refractivity (Wildman–Crippen MR) is 74.1 cm³/mol. The molecule has 0 atom stereocenters. The highest BCUT2D eigenvalue weighted by atomic mass is 16.1. The molecule has 0 spiro atoms. The molecule has 3 nitrogen and oxygen atoms in total. The van der Waals surface area contributed by atoms with Gasteiger partial charge in [-0.2, -0.15) is 0 Å².